The smallest absolute Gasteiger partial charge is 0.164 e. The van der Waals surface area contributed by atoms with Crippen LogP contribution in [0, 0.1) is 18.3 Å². The molecule has 1 atom stereocenters. The number of nitrogens with two attached hydrogens (primary N) is 1. The Morgan fingerprint density at radius 3 is 2.84 bits per heavy atom. The number of anilines is 1. The third-order valence-electron chi connectivity index (χ3n) is 5.51. The lowest BCUT2D eigenvalue weighted by molar-refractivity contribution is 0.331. The minimum atomic E-state index is -0.294. The molecule has 0 spiro atoms. The summed E-state index contributed by atoms with van der Waals surface area (Å²) in [6.07, 6.45) is 7.45. The largest absolute Gasteiger partial charge is 0.493 e. The second kappa shape index (κ2) is 8.52. The zero-order valence-electron chi connectivity index (χ0n) is 18.4. The van der Waals surface area contributed by atoms with E-state index >= 15 is 0 Å². The SMILES string of the molecule is CCOc1c(C(C)n2nc(C)c3c(N)ncnc32)cc(Cl)c(C#N)c1C1=CN(C)CC=C1. The molecule has 2 N–H and O–H groups in total. The number of benzene rings is 1. The van der Waals surface area contributed by atoms with Crippen molar-refractivity contribution in [3.63, 3.8) is 0 Å². The number of ether oxygens (including phenoxy) is 1. The minimum Gasteiger partial charge on any atom is -0.493 e. The summed E-state index contributed by atoms with van der Waals surface area (Å²) in [6.45, 7) is 7.00. The molecule has 1 aliphatic rings. The summed E-state index contributed by atoms with van der Waals surface area (Å²) < 4.78 is 7.93. The number of nitriles is 1. The van der Waals surface area contributed by atoms with Crippen LogP contribution in [0.15, 0.2) is 30.7 Å². The molecule has 0 saturated carbocycles. The molecule has 0 saturated heterocycles. The van der Waals surface area contributed by atoms with Crippen molar-refractivity contribution in [2.24, 2.45) is 0 Å². The minimum absolute atomic E-state index is 0.294. The van der Waals surface area contributed by atoms with E-state index in [1.165, 1.54) is 6.33 Å². The van der Waals surface area contributed by atoms with Gasteiger partial charge in [-0.3, -0.25) is 0 Å². The van der Waals surface area contributed by atoms with E-state index in [4.69, 9.17) is 22.1 Å². The molecule has 3 heterocycles. The van der Waals surface area contributed by atoms with Gasteiger partial charge in [0.25, 0.3) is 0 Å². The molecule has 1 aromatic carbocycles. The van der Waals surface area contributed by atoms with E-state index in [-0.39, 0.29) is 6.04 Å². The van der Waals surface area contributed by atoms with Crippen LogP contribution < -0.4 is 10.5 Å². The number of likely N-dealkylation sites (N-methyl/N-ethyl adjacent to an activating group) is 1. The molecule has 1 unspecified atom stereocenters. The zero-order chi connectivity index (χ0) is 23.0. The van der Waals surface area contributed by atoms with Gasteiger partial charge < -0.3 is 15.4 Å². The molecule has 0 amide bonds. The fraction of sp³-hybridized carbons (Fsp3) is 0.304. The van der Waals surface area contributed by atoms with Gasteiger partial charge in [0.2, 0.25) is 0 Å². The summed E-state index contributed by atoms with van der Waals surface area (Å²) in [5.74, 6) is 0.991. The molecule has 32 heavy (non-hydrogen) atoms. The number of halogens is 1. The quantitative estimate of drug-likeness (QED) is 0.625. The van der Waals surface area contributed by atoms with E-state index in [2.05, 4.69) is 21.1 Å². The van der Waals surface area contributed by atoms with E-state index in [0.717, 1.165) is 28.8 Å². The zero-order valence-corrected chi connectivity index (χ0v) is 19.2. The summed E-state index contributed by atoms with van der Waals surface area (Å²) in [7, 11) is 1.98. The molecule has 9 heteroatoms. The van der Waals surface area contributed by atoms with E-state index in [1.54, 1.807) is 10.7 Å². The average Bonchev–Trinajstić information content (AvgIpc) is 3.11. The van der Waals surface area contributed by atoms with Crippen LogP contribution >= 0.6 is 11.6 Å². The van der Waals surface area contributed by atoms with Crippen molar-refractivity contribution < 1.29 is 4.74 Å². The van der Waals surface area contributed by atoms with Gasteiger partial charge in [0.05, 0.1) is 34.3 Å². The first-order chi connectivity index (χ1) is 15.4. The summed E-state index contributed by atoms with van der Waals surface area (Å²) in [6, 6.07) is 3.74. The van der Waals surface area contributed by atoms with Crippen molar-refractivity contribution in [2.75, 3.05) is 25.9 Å². The van der Waals surface area contributed by atoms with E-state index < -0.39 is 0 Å². The van der Waals surface area contributed by atoms with Crippen LogP contribution in [0.2, 0.25) is 5.02 Å². The third kappa shape index (κ3) is 3.55. The van der Waals surface area contributed by atoms with Crippen molar-refractivity contribution in [2.45, 2.75) is 26.8 Å². The predicted octanol–water partition coefficient (Wildman–Crippen LogP) is 4.09. The van der Waals surface area contributed by atoms with Crippen molar-refractivity contribution in [3.05, 3.63) is 58.2 Å². The molecule has 1 aliphatic heterocycles. The second-order valence-electron chi connectivity index (χ2n) is 7.66. The van der Waals surface area contributed by atoms with E-state index in [0.29, 0.717) is 40.0 Å². The lowest BCUT2D eigenvalue weighted by Gasteiger charge is -2.25. The number of allylic oxidation sites excluding steroid dienone is 2. The van der Waals surface area contributed by atoms with Crippen LogP contribution in [-0.2, 0) is 0 Å². The van der Waals surface area contributed by atoms with Crippen molar-refractivity contribution in [3.8, 4) is 11.8 Å². The van der Waals surface area contributed by atoms with E-state index in [9.17, 15) is 5.26 Å². The van der Waals surface area contributed by atoms with Gasteiger partial charge in [0.15, 0.2) is 5.65 Å². The normalized spacial score (nSPS) is 14.4. The number of fused-ring (bicyclic) bond motifs is 1. The van der Waals surface area contributed by atoms with Gasteiger partial charge in [-0.05, 0) is 26.8 Å². The maximum absolute atomic E-state index is 9.91. The number of rotatable bonds is 5. The molecule has 0 bridgehead atoms. The van der Waals surface area contributed by atoms with Gasteiger partial charge in [0.1, 0.15) is 24.0 Å². The highest BCUT2D eigenvalue weighted by Crippen LogP contribution is 2.42. The average molecular weight is 450 g/mol. The standard InChI is InChI=1S/C23H24ClN7O/c1-5-32-21-16(14(3)31-23-19(13(2)29-31)22(26)27-12-28-23)9-18(24)17(10-25)20(21)15-7-6-8-30(4)11-15/h6-7,9,11-12,14H,5,8H2,1-4H3,(H2,26,27,28). The molecular weight excluding hydrogens is 426 g/mol. The molecule has 0 aliphatic carbocycles. The van der Waals surface area contributed by atoms with E-state index in [1.807, 2.05) is 51.1 Å². The Kier molecular flexibility index (Phi) is 5.76. The third-order valence-corrected chi connectivity index (χ3v) is 5.81. The predicted molar refractivity (Wildman–Crippen MR) is 125 cm³/mol. The lowest BCUT2D eigenvalue weighted by Crippen LogP contribution is -2.16. The summed E-state index contributed by atoms with van der Waals surface area (Å²) >= 11 is 6.62. The number of hydrogen-bond acceptors (Lipinski definition) is 7. The Bertz CT molecular complexity index is 1300. The Labute approximate surface area is 191 Å². The lowest BCUT2D eigenvalue weighted by atomic mass is 9.92. The fourth-order valence-electron chi connectivity index (χ4n) is 4.04. The fourth-order valence-corrected chi connectivity index (χ4v) is 4.30. The van der Waals surface area contributed by atoms with Crippen LogP contribution in [0.4, 0.5) is 5.82 Å². The molecule has 3 aromatic rings. The Morgan fingerprint density at radius 1 is 1.38 bits per heavy atom. The molecule has 164 valence electrons. The Balaban J connectivity index is 1.99. The number of nitrogens with zero attached hydrogens (tertiary/aromatic N) is 6. The van der Waals surface area contributed by atoms with Crippen LogP contribution in [0.1, 0.15) is 42.3 Å². The molecule has 8 nitrogen and oxygen atoms in total. The van der Waals surface area contributed by atoms with Crippen molar-refractivity contribution in [1.29, 1.82) is 5.26 Å². The van der Waals surface area contributed by atoms with Gasteiger partial charge >= 0.3 is 0 Å². The Hall–Kier alpha value is -3.57. The van der Waals surface area contributed by atoms with Crippen LogP contribution in [0.25, 0.3) is 16.6 Å². The number of aromatic nitrogens is 4. The van der Waals surface area contributed by atoms with Crippen molar-refractivity contribution >= 4 is 34.0 Å². The monoisotopic (exact) mass is 449 g/mol. The molecule has 0 fully saturated rings. The highest BCUT2D eigenvalue weighted by Gasteiger charge is 2.27. The summed E-state index contributed by atoms with van der Waals surface area (Å²) in [5.41, 5.74) is 10.2. The van der Waals surface area contributed by atoms with Crippen molar-refractivity contribution in [1.82, 2.24) is 24.6 Å². The van der Waals surface area contributed by atoms with Gasteiger partial charge in [-0.25, -0.2) is 14.6 Å². The maximum atomic E-state index is 9.91. The molecule has 2 aromatic heterocycles. The van der Waals surface area contributed by atoms with Crippen LogP contribution in [0.3, 0.4) is 0 Å². The van der Waals surface area contributed by atoms with Crippen LogP contribution in [-0.4, -0.2) is 44.8 Å². The summed E-state index contributed by atoms with van der Waals surface area (Å²) in [4.78, 5) is 10.6. The topological polar surface area (TPSA) is 106 Å². The van der Waals surface area contributed by atoms with Gasteiger partial charge in [-0.15, -0.1) is 0 Å². The second-order valence-corrected chi connectivity index (χ2v) is 8.07. The summed E-state index contributed by atoms with van der Waals surface area (Å²) in [5, 5.41) is 15.7. The maximum Gasteiger partial charge on any atom is 0.164 e. The first kappa shape index (κ1) is 21.7. The molecule has 0 radical (unpaired) electrons. The first-order valence-electron chi connectivity index (χ1n) is 10.3. The van der Waals surface area contributed by atoms with Crippen LogP contribution in [0.5, 0.6) is 5.75 Å². The highest BCUT2D eigenvalue weighted by atomic mass is 35.5. The Morgan fingerprint density at radius 2 is 2.16 bits per heavy atom. The number of nitrogen functional groups attached to an aromatic ring is 1. The number of aryl methyl sites for hydroxylation is 1. The first-order valence-corrected chi connectivity index (χ1v) is 10.7. The molecule has 4 rings (SSSR count). The van der Waals surface area contributed by atoms with Gasteiger partial charge in [-0.1, -0.05) is 23.8 Å². The van der Waals surface area contributed by atoms with Gasteiger partial charge in [0, 0.05) is 36.5 Å². The highest BCUT2D eigenvalue weighted by molar-refractivity contribution is 6.32. The number of hydrogen-bond donors (Lipinski definition) is 1. The molecular formula is C23H24ClN7O. The van der Waals surface area contributed by atoms with Gasteiger partial charge in [-0.2, -0.15) is 10.4 Å².